The Hall–Kier alpha value is -9.25. The maximum atomic E-state index is 2.66. The molecule has 11 aromatic rings. The summed E-state index contributed by atoms with van der Waals surface area (Å²) in [7, 11) is 0. The van der Waals surface area contributed by atoms with Gasteiger partial charge in [-0.3, -0.25) is 0 Å². The molecular formula is C74H60B2N4. The van der Waals surface area contributed by atoms with E-state index in [1.165, 1.54) is 145 Å². The van der Waals surface area contributed by atoms with E-state index in [4.69, 9.17) is 0 Å². The molecule has 0 saturated carbocycles. The summed E-state index contributed by atoms with van der Waals surface area (Å²) in [5, 5.41) is 0. The average Bonchev–Trinajstić information content (AvgIpc) is 3.65. The van der Waals surface area contributed by atoms with E-state index in [2.05, 4.69) is 293 Å². The third kappa shape index (κ3) is 7.38. The highest BCUT2D eigenvalue weighted by atomic mass is 15.2. The molecule has 6 heteroatoms. The third-order valence-electron chi connectivity index (χ3n) is 17.6. The summed E-state index contributed by atoms with van der Waals surface area (Å²) in [6.07, 6.45) is 0. The molecule has 0 atom stereocenters. The van der Waals surface area contributed by atoms with Crippen molar-refractivity contribution in [2.75, 3.05) is 19.6 Å². The second-order valence-electron chi connectivity index (χ2n) is 23.1. The summed E-state index contributed by atoms with van der Waals surface area (Å²) in [4.78, 5) is 10.3. The molecule has 11 aromatic carbocycles. The monoisotopic (exact) mass is 1030 g/mol. The molecule has 0 amide bonds. The Bertz CT molecular complexity index is 4080. The average molecular weight is 1030 g/mol. The molecule has 0 saturated heterocycles. The van der Waals surface area contributed by atoms with E-state index in [0.29, 0.717) is 0 Å². The van der Waals surface area contributed by atoms with Gasteiger partial charge in [0.15, 0.2) is 0 Å². The normalized spacial score (nSPS) is 13.3. The van der Waals surface area contributed by atoms with Crippen LogP contribution in [0.4, 0.5) is 68.2 Å². The molecule has 80 heavy (non-hydrogen) atoms. The van der Waals surface area contributed by atoms with E-state index in [1.54, 1.807) is 0 Å². The fourth-order valence-corrected chi connectivity index (χ4v) is 13.7. The molecule has 0 aliphatic carbocycles. The van der Waals surface area contributed by atoms with Crippen LogP contribution in [0.25, 0.3) is 22.3 Å². The van der Waals surface area contributed by atoms with Gasteiger partial charge in [0.05, 0.1) is 0 Å². The minimum absolute atomic E-state index is 0.0914. The molecule has 0 radical (unpaired) electrons. The van der Waals surface area contributed by atoms with Crippen LogP contribution in [0.1, 0.15) is 44.5 Å². The second kappa shape index (κ2) is 18.2. The molecule has 0 fully saturated rings. The zero-order chi connectivity index (χ0) is 54.2. The van der Waals surface area contributed by atoms with E-state index in [1.807, 2.05) is 0 Å². The van der Waals surface area contributed by atoms with Gasteiger partial charge in [-0.15, -0.1) is 0 Å². The molecule has 382 valence electrons. The zero-order valence-electron chi connectivity index (χ0n) is 46.7. The number of nitrogens with zero attached hydrogens (tertiary/aromatic N) is 4. The fraction of sp³-hybridized carbons (Fsp3) is 0.108. The minimum Gasteiger partial charge on any atom is -0.311 e. The van der Waals surface area contributed by atoms with Crippen LogP contribution in [0, 0.1) is 55.4 Å². The van der Waals surface area contributed by atoms with Crippen LogP contribution in [0.2, 0.25) is 0 Å². The van der Waals surface area contributed by atoms with Crippen molar-refractivity contribution in [2.45, 2.75) is 55.4 Å². The number of hydrogen-bond donors (Lipinski definition) is 0. The van der Waals surface area contributed by atoms with Crippen molar-refractivity contribution in [1.29, 1.82) is 0 Å². The van der Waals surface area contributed by atoms with E-state index in [0.717, 1.165) is 22.7 Å². The van der Waals surface area contributed by atoms with Crippen molar-refractivity contribution in [2.24, 2.45) is 0 Å². The zero-order valence-corrected chi connectivity index (χ0v) is 46.7. The minimum atomic E-state index is -0.0914. The summed E-state index contributed by atoms with van der Waals surface area (Å²) in [5.74, 6) is 0. The van der Waals surface area contributed by atoms with Crippen LogP contribution in [-0.4, -0.2) is 13.4 Å². The number of benzene rings is 11. The van der Waals surface area contributed by atoms with Gasteiger partial charge in [0.2, 0.25) is 0 Å². The molecule has 4 nitrogen and oxygen atoms in total. The van der Waals surface area contributed by atoms with Gasteiger partial charge in [-0.05, 0) is 213 Å². The molecule has 4 aliphatic heterocycles. The standard InChI is InChI=1S/C74H60B2N4/c1-45-17-27-55(28-18-45)77-65-35-25-49(5)37-61(65)75-63-43-64-68(44-67(63)79(57-31-21-47(3)22-32-57)71-41-53(39-69(77)73(71)75)59-15-11-9-13-51(59)7)80(58-33-23-48(4)24-34-58)72-42-54(60-16-12-10-14-52(60)8)40-70-74(72)76(64)62-38-50(6)26-36-66(62)78(70)56-29-19-46(2)20-30-56/h9-44H,1-8H3. The third-order valence-corrected chi connectivity index (χ3v) is 17.6. The van der Waals surface area contributed by atoms with Gasteiger partial charge >= 0.3 is 0 Å². The van der Waals surface area contributed by atoms with Crippen LogP contribution >= 0.6 is 0 Å². The maximum Gasteiger partial charge on any atom is 0.252 e. The van der Waals surface area contributed by atoms with E-state index < -0.39 is 0 Å². The van der Waals surface area contributed by atoms with Gasteiger partial charge in [-0.2, -0.15) is 0 Å². The molecule has 0 N–H and O–H groups in total. The summed E-state index contributed by atoms with van der Waals surface area (Å²) in [6.45, 7) is 17.6. The number of anilines is 12. The topological polar surface area (TPSA) is 13.0 Å². The Labute approximate surface area is 472 Å². The highest BCUT2D eigenvalue weighted by Gasteiger charge is 2.49. The molecular weight excluding hydrogens is 966 g/mol. The Morgan fingerprint density at radius 3 is 0.850 bits per heavy atom. The van der Waals surface area contributed by atoms with Crippen LogP contribution < -0.4 is 52.4 Å². The second-order valence-corrected chi connectivity index (χ2v) is 23.1. The molecule has 0 aromatic heterocycles. The molecule has 0 spiro atoms. The SMILES string of the molecule is Cc1ccc(N2c3ccc(C)cc3B3c4cc5c(cc4N(c4ccc(C)cc4)c4cc(-c6ccccc6C)cc2c43)N(c2ccc(C)cc2)c2cc(-c3ccccc3C)cc3c2B5c2cc(C)ccc2N3c2ccc(C)cc2)cc1. The number of hydrogen-bond acceptors (Lipinski definition) is 4. The molecule has 15 rings (SSSR count). The predicted octanol–water partition coefficient (Wildman–Crippen LogP) is 15.7. The van der Waals surface area contributed by atoms with Gasteiger partial charge in [-0.1, -0.05) is 161 Å². The number of aryl methyl sites for hydroxylation is 8. The molecule has 0 bridgehead atoms. The van der Waals surface area contributed by atoms with Crippen LogP contribution in [0.5, 0.6) is 0 Å². The van der Waals surface area contributed by atoms with Crippen molar-refractivity contribution in [3.8, 4) is 22.3 Å². The van der Waals surface area contributed by atoms with Gasteiger partial charge in [-0.25, -0.2) is 0 Å². The van der Waals surface area contributed by atoms with Crippen LogP contribution in [-0.2, 0) is 0 Å². The smallest absolute Gasteiger partial charge is 0.252 e. The van der Waals surface area contributed by atoms with Crippen molar-refractivity contribution in [1.82, 2.24) is 0 Å². The Kier molecular flexibility index (Phi) is 10.9. The highest BCUT2D eigenvalue weighted by Crippen LogP contribution is 2.51. The predicted molar refractivity (Wildman–Crippen MR) is 343 cm³/mol. The Morgan fingerprint density at radius 1 is 0.237 bits per heavy atom. The lowest BCUT2D eigenvalue weighted by Gasteiger charge is -2.47. The van der Waals surface area contributed by atoms with E-state index >= 15 is 0 Å². The first kappa shape index (κ1) is 47.9. The fourth-order valence-electron chi connectivity index (χ4n) is 13.7. The van der Waals surface area contributed by atoms with Crippen LogP contribution in [0.15, 0.2) is 218 Å². The summed E-state index contributed by atoms with van der Waals surface area (Å²) < 4.78 is 0. The molecule has 0 unspecified atom stereocenters. The quantitative estimate of drug-likeness (QED) is 0.154. The first-order chi connectivity index (χ1) is 38.9. The van der Waals surface area contributed by atoms with Crippen molar-refractivity contribution in [3.63, 3.8) is 0 Å². The number of rotatable bonds is 6. The largest absolute Gasteiger partial charge is 0.311 e. The number of fused-ring (bicyclic) bond motifs is 8. The highest BCUT2D eigenvalue weighted by molar-refractivity contribution is 7.03. The summed E-state index contributed by atoms with van der Waals surface area (Å²) in [6, 6.07) is 84.0. The van der Waals surface area contributed by atoms with E-state index in [-0.39, 0.29) is 13.4 Å². The van der Waals surface area contributed by atoms with Crippen molar-refractivity contribution in [3.05, 3.63) is 263 Å². The van der Waals surface area contributed by atoms with Gasteiger partial charge < -0.3 is 19.6 Å². The molecule has 4 aliphatic rings. The van der Waals surface area contributed by atoms with Gasteiger partial charge in [0, 0.05) is 68.2 Å². The van der Waals surface area contributed by atoms with Gasteiger partial charge in [0.25, 0.3) is 13.4 Å². The van der Waals surface area contributed by atoms with E-state index in [9.17, 15) is 0 Å². The Morgan fingerprint density at radius 2 is 0.525 bits per heavy atom. The first-order valence-corrected chi connectivity index (χ1v) is 28.3. The van der Waals surface area contributed by atoms with Crippen LogP contribution in [0.3, 0.4) is 0 Å². The lowest BCUT2D eigenvalue weighted by atomic mass is 9.30. The van der Waals surface area contributed by atoms with Crippen molar-refractivity contribution < 1.29 is 0 Å². The first-order valence-electron chi connectivity index (χ1n) is 28.3. The Balaban J connectivity index is 1.09. The summed E-state index contributed by atoms with van der Waals surface area (Å²) in [5.41, 5.74) is 36.8. The lowest BCUT2D eigenvalue weighted by molar-refractivity contribution is 1.23. The lowest BCUT2D eigenvalue weighted by Crippen LogP contribution is -2.65. The van der Waals surface area contributed by atoms with Gasteiger partial charge in [0.1, 0.15) is 0 Å². The summed E-state index contributed by atoms with van der Waals surface area (Å²) >= 11 is 0. The maximum absolute atomic E-state index is 2.66. The van der Waals surface area contributed by atoms with Crippen molar-refractivity contribution >= 4 is 114 Å². The molecule has 4 heterocycles.